The molecule has 0 saturated carbocycles. The summed E-state index contributed by atoms with van der Waals surface area (Å²) in [6.07, 6.45) is 7.70. The maximum atomic E-state index is 13.4. The Hall–Kier alpha value is -5.16. The van der Waals surface area contributed by atoms with Crippen molar-refractivity contribution in [3.05, 3.63) is 95.3 Å². The molecule has 1 atom stereocenters. The van der Waals surface area contributed by atoms with Crippen LogP contribution in [0.15, 0.2) is 73.1 Å². The molecule has 11 heteroatoms. The third-order valence-electron chi connectivity index (χ3n) is 9.30. The predicted octanol–water partition coefficient (Wildman–Crippen LogP) is 6.41. The molecular formula is C40H51N6O5+. The second-order valence-corrected chi connectivity index (χ2v) is 14.4. The van der Waals surface area contributed by atoms with Gasteiger partial charge in [0.15, 0.2) is 0 Å². The highest BCUT2D eigenvalue weighted by atomic mass is 16.5. The molecule has 1 aliphatic heterocycles. The van der Waals surface area contributed by atoms with Crippen LogP contribution in [0.3, 0.4) is 0 Å². The van der Waals surface area contributed by atoms with Crippen molar-refractivity contribution in [2.45, 2.75) is 65.0 Å². The number of aliphatic carboxylic acids is 1. The van der Waals surface area contributed by atoms with E-state index in [4.69, 9.17) is 4.74 Å². The van der Waals surface area contributed by atoms with Gasteiger partial charge in [-0.15, -0.1) is 0 Å². The molecule has 0 saturated heterocycles. The number of aromatic nitrogens is 2. The molecule has 3 N–H and O–H groups in total. The Labute approximate surface area is 300 Å². The van der Waals surface area contributed by atoms with Gasteiger partial charge in [0.05, 0.1) is 47.0 Å². The highest BCUT2D eigenvalue weighted by Gasteiger charge is 2.25. The van der Waals surface area contributed by atoms with Crippen molar-refractivity contribution in [1.29, 1.82) is 0 Å². The number of carbonyl (C=O) groups excluding carboxylic acids is 2. The van der Waals surface area contributed by atoms with Crippen LogP contribution in [0, 0.1) is 13.8 Å². The number of hydrogen-bond donors (Lipinski definition) is 3. The van der Waals surface area contributed by atoms with Crippen LogP contribution in [0.4, 0.5) is 16.2 Å². The molecular weight excluding hydrogens is 644 g/mol. The molecule has 0 bridgehead atoms. The topological polar surface area (TPSA) is 126 Å². The molecule has 3 amide bonds. The monoisotopic (exact) mass is 695 g/mol. The highest BCUT2D eigenvalue weighted by molar-refractivity contribution is 5.96. The Morgan fingerprint density at radius 2 is 1.80 bits per heavy atom. The maximum Gasteiger partial charge on any atom is 0.326 e. The largest absolute Gasteiger partial charge is 0.493 e. The zero-order chi connectivity index (χ0) is 36.5. The number of quaternary nitrogens is 1. The molecule has 11 nitrogen and oxygen atoms in total. The third-order valence-corrected chi connectivity index (χ3v) is 9.30. The molecule has 0 spiro atoms. The van der Waals surface area contributed by atoms with E-state index >= 15 is 0 Å². The first kappa shape index (κ1) is 37.1. The Balaban J connectivity index is 1.18. The summed E-state index contributed by atoms with van der Waals surface area (Å²) in [7, 11) is 6.14. The summed E-state index contributed by atoms with van der Waals surface area (Å²) in [6, 6.07) is 18.0. The fraction of sp³-hybridized carbons (Fsp3) is 0.400. The van der Waals surface area contributed by atoms with E-state index in [0.717, 1.165) is 63.1 Å². The van der Waals surface area contributed by atoms with Crippen molar-refractivity contribution in [3.8, 4) is 16.9 Å². The fourth-order valence-corrected chi connectivity index (χ4v) is 6.45. The Kier molecular flexibility index (Phi) is 12.1. The lowest BCUT2D eigenvalue weighted by Crippen LogP contribution is -2.44. The third kappa shape index (κ3) is 10.2. The highest BCUT2D eigenvalue weighted by Crippen LogP contribution is 2.36. The van der Waals surface area contributed by atoms with Crippen molar-refractivity contribution in [3.63, 3.8) is 0 Å². The normalized spacial score (nSPS) is 13.3. The molecule has 1 aliphatic rings. The summed E-state index contributed by atoms with van der Waals surface area (Å²) < 4.78 is 8.57. The van der Waals surface area contributed by atoms with Crippen molar-refractivity contribution >= 4 is 29.3 Å². The van der Waals surface area contributed by atoms with Gasteiger partial charge in [0.2, 0.25) is 5.91 Å². The first-order valence-corrected chi connectivity index (χ1v) is 17.7. The number of amides is 3. The van der Waals surface area contributed by atoms with E-state index in [9.17, 15) is 19.5 Å². The number of urea groups is 1. The molecule has 0 unspecified atom stereocenters. The van der Waals surface area contributed by atoms with Crippen LogP contribution >= 0.6 is 0 Å². The zero-order valence-electron chi connectivity index (χ0n) is 30.4. The Morgan fingerprint density at radius 1 is 1.02 bits per heavy atom. The predicted molar refractivity (Wildman–Crippen MR) is 200 cm³/mol. The van der Waals surface area contributed by atoms with Gasteiger partial charge in [-0.25, -0.2) is 9.59 Å². The standard InChI is InChI=1S/C40H50N6O5/c1-28-12-6-19-37(29(28)2)51-23-11-20-38(47)45-21-9-16-34-33(15-8-18-36(34)45)31-25-41-44(27-31)26-30-13-7-14-32(24-30)42-40(50)43-35(39(48)49)17-10-22-46(3,4)5/h6-8,12-15,18-19,24-25,27,35H,9-11,16-17,20-23,26H2,1-5H3,(H2-,42,43,48,49,50)/p+1/t35-/m0/s1. The van der Waals surface area contributed by atoms with Gasteiger partial charge in [0, 0.05) is 36.1 Å². The van der Waals surface area contributed by atoms with Crippen molar-refractivity contribution in [2.24, 2.45) is 0 Å². The summed E-state index contributed by atoms with van der Waals surface area (Å²) in [5.41, 5.74) is 7.95. The zero-order valence-corrected chi connectivity index (χ0v) is 30.4. The van der Waals surface area contributed by atoms with Gasteiger partial charge < -0.3 is 29.9 Å². The smallest absolute Gasteiger partial charge is 0.326 e. The molecule has 4 aromatic rings. The van der Waals surface area contributed by atoms with Crippen LogP contribution in [0.25, 0.3) is 11.1 Å². The second-order valence-electron chi connectivity index (χ2n) is 14.4. The van der Waals surface area contributed by atoms with Crippen molar-refractivity contribution < 1.29 is 28.7 Å². The number of hydrogen-bond acceptors (Lipinski definition) is 5. The van der Waals surface area contributed by atoms with E-state index in [0.29, 0.717) is 51.1 Å². The van der Waals surface area contributed by atoms with E-state index in [2.05, 4.69) is 41.7 Å². The molecule has 3 aromatic carbocycles. The van der Waals surface area contributed by atoms with Crippen LogP contribution < -0.4 is 20.3 Å². The second kappa shape index (κ2) is 16.7. The van der Waals surface area contributed by atoms with Gasteiger partial charge in [-0.2, -0.15) is 5.10 Å². The summed E-state index contributed by atoms with van der Waals surface area (Å²) >= 11 is 0. The lowest BCUT2D eigenvalue weighted by Gasteiger charge is -2.31. The molecule has 5 rings (SSSR count). The number of nitrogens with zero attached hydrogens (tertiary/aromatic N) is 4. The van der Waals surface area contributed by atoms with Crippen molar-refractivity contribution in [2.75, 3.05) is 51.1 Å². The minimum absolute atomic E-state index is 0.105. The number of benzene rings is 3. The fourth-order valence-electron chi connectivity index (χ4n) is 6.45. The average Bonchev–Trinajstić information content (AvgIpc) is 3.55. The van der Waals surface area contributed by atoms with Gasteiger partial charge in [0.1, 0.15) is 11.8 Å². The SMILES string of the molecule is Cc1cccc(OCCCC(=O)N2CCCc3c(-c4cnn(Cc5cccc(NC(=O)N[C@@H](CCC[N+](C)(C)C)C(=O)O)c5)c4)cccc32)c1C. The summed E-state index contributed by atoms with van der Waals surface area (Å²) in [4.78, 5) is 39.8. The number of carbonyl (C=O) groups is 3. The van der Waals surface area contributed by atoms with Crippen LogP contribution in [-0.4, -0.2) is 84.2 Å². The van der Waals surface area contributed by atoms with Crippen LogP contribution in [0.1, 0.15) is 54.4 Å². The molecule has 51 heavy (non-hydrogen) atoms. The first-order chi connectivity index (χ1) is 24.4. The molecule has 1 aromatic heterocycles. The average molecular weight is 696 g/mol. The summed E-state index contributed by atoms with van der Waals surface area (Å²) in [5.74, 6) is -0.0757. The number of carboxylic acids is 1. The summed E-state index contributed by atoms with van der Waals surface area (Å²) in [6.45, 7) is 6.59. The van der Waals surface area contributed by atoms with Gasteiger partial charge in [-0.05, 0) is 98.0 Å². The van der Waals surface area contributed by atoms with E-state index in [1.165, 1.54) is 5.56 Å². The molecule has 270 valence electrons. The van der Waals surface area contributed by atoms with Gasteiger partial charge in [-0.3, -0.25) is 9.48 Å². The van der Waals surface area contributed by atoms with E-state index in [-0.39, 0.29) is 5.91 Å². The number of anilines is 2. The molecule has 2 heterocycles. The quantitative estimate of drug-likeness (QED) is 0.0975. The maximum absolute atomic E-state index is 13.4. The number of aryl methyl sites for hydroxylation is 1. The summed E-state index contributed by atoms with van der Waals surface area (Å²) in [5, 5.41) is 19.6. The van der Waals surface area contributed by atoms with Gasteiger partial charge in [0.25, 0.3) is 0 Å². The van der Waals surface area contributed by atoms with E-state index in [1.54, 1.807) is 6.07 Å². The van der Waals surface area contributed by atoms with Crippen LogP contribution in [0.2, 0.25) is 0 Å². The number of carboxylic acid groups (broad SMARTS) is 1. The number of rotatable bonds is 15. The van der Waals surface area contributed by atoms with E-state index in [1.807, 2.05) is 85.6 Å². The van der Waals surface area contributed by atoms with Gasteiger partial charge in [-0.1, -0.05) is 36.4 Å². The lowest BCUT2D eigenvalue weighted by atomic mass is 9.93. The Morgan fingerprint density at radius 3 is 2.59 bits per heavy atom. The van der Waals surface area contributed by atoms with Gasteiger partial charge >= 0.3 is 12.0 Å². The van der Waals surface area contributed by atoms with Crippen LogP contribution in [-0.2, 0) is 22.6 Å². The molecule has 0 radical (unpaired) electrons. The molecule has 0 fully saturated rings. The molecule has 0 aliphatic carbocycles. The lowest BCUT2D eigenvalue weighted by molar-refractivity contribution is -0.870. The minimum Gasteiger partial charge on any atom is -0.493 e. The van der Waals surface area contributed by atoms with Crippen LogP contribution in [0.5, 0.6) is 5.75 Å². The first-order valence-electron chi connectivity index (χ1n) is 17.7. The van der Waals surface area contributed by atoms with Crippen molar-refractivity contribution in [1.82, 2.24) is 15.1 Å². The number of nitrogens with one attached hydrogen (secondary N) is 2. The number of ether oxygens (including phenoxy) is 1. The number of fused-ring (bicyclic) bond motifs is 1. The Bertz CT molecular complexity index is 1840. The minimum atomic E-state index is -1.05. The van der Waals surface area contributed by atoms with E-state index < -0.39 is 18.0 Å².